The number of aryl methyl sites for hydroxylation is 2. The van der Waals surface area contributed by atoms with Crippen LogP contribution in [0, 0.1) is 24.0 Å². The van der Waals surface area contributed by atoms with Crippen molar-refractivity contribution >= 4 is 23.7 Å². The van der Waals surface area contributed by atoms with Crippen molar-refractivity contribution in [1.82, 2.24) is 10.2 Å². The van der Waals surface area contributed by atoms with Gasteiger partial charge in [0.2, 0.25) is 5.89 Å². The maximum Gasteiger partial charge on any atom is 0.322 e. The number of hydrogen-bond acceptors (Lipinski definition) is 6. The van der Waals surface area contributed by atoms with Crippen molar-refractivity contribution in [3.63, 3.8) is 0 Å². The summed E-state index contributed by atoms with van der Waals surface area (Å²) in [5.74, 6) is -0.178. The highest BCUT2D eigenvalue weighted by molar-refractivity contribution is 6.00. The van der Waals surface area contributed by atoms with Gasteiger partial charge in [0, 0.05) is 23.8 Å². The quantitative estimate of drug-likeness (QED) is 0.417. The molecular weight excluding hydrogens is 348 g/mol. The predicted molar refractivity (Wildman–Crippen MR) is 100.0 cm³/mol. The molecule has 3 rings (SSSR count). The lowest BCUT2D eigenvalue weighted by molar-refractivity contribution is -0.384. The zero-order chi connectivity index (χ0) is 19.4. The van der Waals surface area contributed by atoms with E-state index in [-0.39, 0.29) is 11.7 Å². The molecule has 3 aromatic rings. The summed E-state index contributed by atoms with van der Waals surface area (Å²) in [5.41, 5.74) is 3.38. The van der Waals surface area contributed by atoms with Gasteiger partial charge in [0.15, 0.2) is 0 Å². The zero-order valence-corrected chi connectivity index (χ0v) is 14.7. The second kappa shape index (κ2) is 7.61. The lowest BCUT2D eigenvalue weighted by Crippen LogP contribution is -2.07. The number of carbonyl (C=O) groups excluding carboxylic acids is 1. The largest absolute Gasteiger partial charge is 0.403 e. The standard InChI is InChI=1S/C19H16N4O4/c1-12-6-8-16(13(2)10-12)18-21-22-19(27-18)20-17(24)9-7-14-4-3-5-15(11-14)23(25)26/h3-11H,1-2H3,(H,20,22,24). The van der Waals surface area contributed by atoms with Crippen molar-refractivity contribution < 1.29 is 14.1 Å². The van der Waals surface area contributed by atoms with Crippen LogP contribution in [0.4, 0.5) is 11.7 Å². The van der Waals surface area contributed by atoms with E-state index >= 15 is 0 Å². The van der Waals surface area contributed by atoms with E-state index in [1.807, 2.05) is 32.0 Å². The number of rotatable bonds is 5. The van der Waals surface area contributed by atoms with Crippen LogP contribution in [0.2, 0.25) is 0 Å². The maximum absolute atomic E-state index is 12.0. The Kier molecular flexibility index (Phi) is 5.07. The fourth-order valence-corrected chi connectivity index (χ4v) is 2.50. The molecule has 0 unspecified atom stereocenters. The van der Waals surface area contributed by atoms with Gasteiger partial charge in [-0.2, -0.15) is 0 Å². The van der Waals surface area contributed by atoms with Gasteiger partial charge in [-0.05, 0) is 37.1 Å². The van der Waals surface area contributed by atoms with E-state index in [1.54, 1.807) is 12.1 Å². The third-order valence-corrected chi connectivity index (χ3v) is 3.78. The fourth-order valence-electron chi connectivity index (χ4n) is 2.50. The molecule has 1 amide bonds. The molecule has 27 heavy (non-hydrogen) atoms. The molecule has 1 N–H and O–H groups in total. The highest BCUT2D eigenvalue weighted by Crippen LogP contribution is 2.24. The number of nitro benzene ring substituents is 1. The smallest absolute Gasteiger partial charge is 0.322 e. The Hall–Kier alpha value is -3.81. The molecule has 0 fully saturated rings. The summed E-state index contributed by atoms with van der Waals surface area (Å²) in [5, 5.41) is 21.0. The topological polar surface area (TPSA) is 111 Å². The van der Waals surface area contributed by atoms with Crippen LogP contribution in [0.15, 0.2) is 53.0 Å². The van der Waals surface area contributed by atoms with Crippen LogP contribution in [-0.2, 0) is 4.79 Å². The van der Waals surface area contributed by atoms with Gasteiger partial charge in [0.05, 0.1) is 4.92 Å². The van der Waals surface area contributed by atoms with Crippen LogP contribution in [-0.4, -0.2) is 21.0 Å². The Balaban J connectivity index is 1.69. The van der Waals surface area contributed by atoms with Gasteiger partial charge < -0.3 is 4.42 Å². The van der Waals surface area contributed by atoms with Crippen molar-refractivity contribution in [3.8, 4) is 11.5 Å². The van der Waals surface area contributed by atoms with Crippen LogP contribution in [0.5, 0.6) is 0 Å². The molecule has 8 nitrogen and oxygen atoms in total. The lowest BCUT2D eigenvalue weighted by Gasteiger charge is -2.01. The third kappa shape index (κ3) is 4.43. The molecule has 0 aliphatic carbocycles. The molecule has 8 heteroatoms. The number of aromatic nitrogens is 2. The minimum absolute atomic E-state index is 0.0290. The second-order valence-electron chi connectivity index (χ2n) is 5.91. The summed E-state index contributed by atoms with van der Waals surface area (Å²) < 4.78 is 5.49. The minimum atomic E-state index is -0.496. The van der Waals surface area contributed by atoms with Gasteiger partial charge >= 0.3 is 6.01 Å². The molecule has 1 heterocycles. The van der Waals surface area contributed by atoms with Crippen molar-refractivity contribution in [2.24, 2.45) is 0 Å². The summed E-state index contributed by atoms with van der Waals surface area (Å²) in [6.45, 7) is 3.93. The molecule has 0 spiro atoms. The van der Waals surface area contributed by atoms with E-state index in [9.17, 15) is 14.9 Å². The van der Waals surface area contributed by atoms with E-state index < -0.39 is 10.8 Å². The van der Waals surface area contributed by atoms with Crippen molar-refractivity contribution in [2.75, 3.05) is 5.32 Å². The number of nitrogens with zero attached hydrogens (tertiary/aromatic N) is 3. The summed E-state index contributed by atoms with van der Waals surface area (Å²) in [6.07, 6.45) is 2.70. The first-order valence-electron chi connectivity index (χ1n) is 8.07. The molecule has 0 saturated heterocycles. The Bertz CT molecular complexity index is 1040. The first-order valence-corrected chi connectivity index (χ1v) is 8.07. The second-order valence-corrected chi connectivity index (χ2v) is 5.91. The van der Waals surface area contributed by atoms with Crippen molar-refractivity contribution in [1.29, 1.82) is 0 Å². The fraction of sp³-hybridized carbons (Fsp3) is 0.105. The SMILES string of the molecule is Cc1ccc(-c2nnc(NC(=O)C=Cc3cccc([N+](=O)[O-])c3)o2)c(C)c1. The van der Waals surface area contributed by atoms with Crippen LogP contribution in [0.25, 0.3) is 17.5 Å². The molecule has 2 aromatic carbocycles. The molecule has 1 aromatic heterocycles. The van der Waals surface area contributed by atoms with Crippen LogP contribution in [0.1, 0.15) is 16.7 Å². The first-order chi connectivity index (χ1) is 12.9. The number of non-ortho nitro benzene ring substituents is 1. The van der Waals surface area contributed by atoms with E-state index in [2.05, 4.69) is 15.5 Å². The molecular formula is C19H16N4O4. The summed E-state index contributed by atoms with van der Waals surface area (Å²) in [4.78, 5) is 22.3. The van der Waals surface area contributed by atoms with Gasteiger partial charge in [-0.3, -0.25) is 20.2 Å². The molecule has 0 radical (unpaired) electrons. The molecule has 0 saturated carbocycles. The Morgan fingerprint density at radius 2 is 2.00 bits per heavy atom. The highest BCUT2D eigenvalue weighted by atomic mass is 16.6. The Labute approximate surface area is 154 Å². The predicted octanol–water partition coefficient (Wildman–Crippen LogP) is 3.91. The van der Waals surface area contributed by atoms with Gasteiger partial charge in [0.25, 0.3) is 11.6 Å². The zero-order valence-electron chi connectivity index (χ0n) is 14.7. The number of amides is 1. The van der Waals surface area contributed by atoms with Crippen molar-refractivity contribution in [3.05, 3.63) is 75.3 Å². The van der Waals surface area contributed by atoms with Gasteiger partial charge in [-0.15, -0.1) is 5.10 Å². The normalized spacial score (nSPS) is 10.9. The Morgan fingerprint density at radius 1 is 1.19 bits per heavy atom. The molecule has 0 aliphatic heterocycles. The molecule has 0 atom stereocenters. The first kappa shape index (κ1) is 18.0. The number of anilines is 1. The molecule has 0 bridgehead atoms. The van der Waals surface area contributed by atoms with Gasteiger partial charge in [-0.1, -0.05) is 34.9 Å². The number of hydrogen-bond donors (Lipinski definition) is 1. The third-order valence-electron chi connectivity index (χ3n) is 3.78. The van der Waals surface area contributed by atoms with E-state index in [4.69, 9.17) is 4.42 Å². The average Bonchev–Trinajstić information content (AvgIpc) is 3.08. The highest BCUT2D eigenvalue weighted by Gasteiger charge is 2.12. The summed E-state index contributed by atoms with van der Waals surface area (Å²) in [7, 11) is 0. The average molecular weight is 364 g/mol. The maximum atomic E-state index is 12.0. The number of carbonyl (C=O) groups is 1. The lowest BCUT2D eigenvalue weighted by atomic mass is 10.1. The van der Waals surface area contributed by atoms with Crippen LogP contribution < -0.4 is 5.32 Å². The number of benzene rings is 2. The van der Waals surface area contributed by atoms with E-state index in [0.29, 0.717) is 11.5 Å². The monoisotopic (exact) mass is 364 g/mol. The van der Waals surface area contributed by atoms with Crippen molar-refractivity contribution in [2.45, 2.75) is 13.8 Å². The van der Waals surface area contributed by atoms with Gasteiger partial charge in [-0.25, -0.2) is 0 Å². The molecule has 136 valence electrons. The van der Waals surface area contributed by atoms with E-state index in [1.165, 1.54) is 24.3 Å². The summed E-state index contributed by atoms with van der Waals surface area (Å²) in [6, 6.07) is 11.7. The van der Waals surface area contributed by atoms with Gasteiger partial charge in [0.1, 0.15) is 0 Å². The molecule has 0 aliphatic rings. The number of nitro groups is 1. The number of nitrogens with one attached hydrogen (secondary N) is 1. The minimum Gasteiger partial charge on any atom is -0.403 e. The van der Waals surface area contributed by atoms with E-state index in [0.717, 1.165) is 16.7 Å². The summed E-state index contributed by atoms with van der Waals surface area (Å²) >= 11 is 0. The Morgan fingerprint density at radius 3 is 2.74 bits per heavy atom. The van der Waals surface area contributed by atoms with Crippen LogP contribution in [0.3, 0.4) is 0 Å². The van der Waals surface area contributed by atoms with Crippen LogP contribution >= 0.6 is 0 Å².